The number of hydrogen-bond acceptors (Lipinski definition) is 5. The summed E-state index contributed by atoms with van der Waals surface area (Å²) in [7, 11) is 1.59. The molecule has 0 spiro atoms. The highest BCUT2D eigenvalue weighted by Crippen LogP contribution is 2.19. The zero-order chi connectivity index (χ0) is 13.7. The number of carbonyl (C=O) groups excluding carboxylic acids is 1. The first kappa shape index (κ1) is 15.3. The van der Waals surface area contributed by atoms with E-state index >= 15 is 0 Å². The van der Waals surface area contributed by atoms with Gasteiger partial charge in [0, 0.05) is 7.05 Å². The molecule has 104 valence electrons. The van der Waals surface area contributed by atoms with E-state index in [1.165, 1.54) is 4.90 Å². The number of likely N-dealkylation sites (N-methyl/N-ethyl adjacent to an activating group) is 1. The third-order valence-corrected chi connectivity index (χ3v) is 3.81. The van der Waals surface area contributed by atoms with Crippen molar-refractivity contribution < 1.29 is 19.4 Å². The maximum Gasteiger partial charge on any atom is 0.311 e. The van der Waals surface area contributed by atoms with E-state index in [0.717, 1.165) is 5.75 Å². The summed E-state index contributed by atoms with van der Waals surface area (Å²) in [6, 6.07) is -0.993. The molecule has 0 aromatic carbocycles. The van der Waals surface area contributed by atoms with Crippen LogP contribution in [-0.4, -0.2) is 66.2 Å². The van der Waals surface area contributed by atoms with Crippen molar-refractivity contribution in [2.75, 3.05) is 32.3 Å². The van der Waals surface area contributed by atoms with Gasteiger partial charge in [-0.1, -0.05) is 0 Å². The lowest BCUT2D eigenvalue weighted by Crippen LogP contribution is -2.50. The Morgan fingerprint density at radius 3 is 2.78 bits per heavy atom. The summed E-state index contributed by atoms with van der Waals surface area (Å²) in [5.74, 6) is -1.00. The molecule has 1 rings (SSSR count). The number of ether oxygens (including phenoxy) is 1. The van der Waals surface area contributed by atoms with Crippen LogP contribution in [0.5, 0.6) is 0 Å². The molecule has 0 aromatic heterocycles. The second-order valence-corrected chi connectivity index (χ2v) is 5.37. The van der Waals surface area contributed by atoms with Gasteiger partial charge >= 0.3 is 5.97 Å². The third-order valence-electron chi connectivity index (χ3n) is 3.16. The molecule has 3 atom stereocenters. The van der Waals surface area contributed by atoms with Crippen LogP contribution < -0.4 is 5.73 Å². The van der Waals surface area contributed by atoms with Crippen molar-refractivity contribution in [2.24, 2.45) is 11.7 Å². The Morgan fingerprint density at radius 1 is 1.56 bits per heavy atom. The second-order valence-electron chi connectivity index (χ2n) is 4.39. The van der Waals surface area contributed by atoms with Gasteiger partial charge in [-0.05, 0) is 18.4 Å². The van der Waals surface area contributed by atoms with Crippen molar-refractivity contribution in [3.8, 4) is 0 Å². The lowest BCUT2D eigenvalue weighted by atomic mass is 10.0. The molecule has 7 heteroatoms. The molecule has 1 amide bonds. The number of thioether (sulfide) groups is 1. The Kier molecular flexibility index (Phi) is 5.90. The van der Waals surface area contributed by atoms with Gasteiger partial charge in [0.2, 0.25) is 5.91 Å². The smallest absolute Gasteiger partial charge is 0.311 e. The van der Waals surface area contributed by atoms with Crippen LogP contribution in [0.25, 0.3) is 0 Å². The number of nitrogens with zero attached hydrogens (tertiary/aromatic N) is 1. The van der Waals surface area contributed by atoms with Crippen LogP contribution in [0.3, 0.4) is 0 Å². The average Bonchev–Trinajstić information content (AvgIpc) is 2.83. The van der Waals surface area contributed by atoms with Gasteiger partial charge in [0.15, 0.2) is 0 Å². The first-order valence-corrected chi connectivity index (χ1v) is 7.20. The zero-order valence-corrected chi connectivity index (χ0v) is 11.5. The molecule has 1 fully saturated rings. The minimum Gasteiger partial charge on any atom is -0.481 e. The highest BCUT2D eigenvalue weighted by Gasteiger charge is 2.39. The van der Waals surface area contributed by atoms with Crippen molar-refractivity contribution in [1.29, 1.82) is 0 Å². The highest BCUT2D eigenvalue weighted by molar-refractivity contribution is 7.98. The van der Waals surface area contributed by atoms with Crippen LogP contribution in [0.2, 0.25) is 0 Å². The van der Waals surface area contributed by atoms with Crippen molar-refractivity contribution in [1.82, 2.24) is 4.90 Å². The Bertz CT molecular complexity index is 313. The van der Waals surface area contributed by atoms with Crippen LogP contribution in [0, 0.1) is 5.92 Å². The topological polar surface area (TPSA) is 92.9 Å². The van der Waals surface area contributed by atoms with Crippen molar-refractivity contribution in [3.05, 3.63) is 0 Å². The summed E-state index contributed by atoms with van der Waals surface area (Å²) in [4.78, 5) is 24.5. The first-order chi connectivity index (χ1) is 8.49. The number of rotatable bonds is 6. The molecule has 1 heterocycles. The molecule has 0 aliphatic carbocycles. The van der Waals surface area contributed by atoms with Gasteiger partial charge in [0.25, 0.3) is 0 Å². The number of aliphatic carboxylic acids is 1. The number of carboxylic acid groups (broad SMARTS) is 1. The van der Waals surface area contributed by atoms with Crippen molar-refractivity contribution >= 4 is 23.6 Å². The molecule has 18 heavy (non-hydrogen) atoms. The summed E-state index contributed by atoms with van der Waals surface area (Å²) < 4.78 is 5.14. The van der Waals surface area contributed by atoms with Gasteiger partial charge in [0.1, 0.15) is 5.92 Å². The first-order valence-electron chi connectivity index (χ1n) is 5.80. The number of hydrogen-bond donors (Lipinski definition) is 2. The lowest BCUT2D eigenvalue weighted by Gasteiger charge is -2.28. The van der Waals surface area contributed by atoms with Gasteiger partial charge in [-0.15, -0.1) is 0 Å². The molecule has 0 radical (unpaired) electrons. The number of carbonyl (C=O) groups is 2. The van der Waals surface area contributed by atoms with Crippen LogP contribution in [0.4, 0.5) is 0 Å². The Hall–Kier alpha value is -0.790. The number of carboxylic acids is 1. The van der Waals surface area contributed by atoms with E-state index in [4.69, 9.17) is 15.6 Å². The van der Waals surface area contributed by atoms with E-state index in [9.17, 15) is 9.59 Å². The third kappa shape index (κ3) is 3.60. The van der Waals surface area contributed by atoms with Crippen LogP contribution in [0.15, 0.2) is 0 Å². The highest BCUT2D eigenvalue weighted by atomic mass is 32.2. The Labute approximate surface area is 111 Å². The summed E-state index contributed by atoms with van der Waals surface area (Å²) >= 11 is 1.63. The fourth-order valence-electron chi connectivity index (χ4n) is 1.95. The maximum atomic E-state index is 12.0. The molecule has 2 unspecified atom stereocenters. The molecule has 3 N–H and O–H groups in total. The average molecular weight is 276 g/mol. The molecular formula is C11H20N2O4S. The maximum absolute atomic E-state index is 12.0. The fraction of sp³-hybridized carbons (Fsp3) is 0.818. The molecule has 6 nitrogen and oxygen atoms in total. The van der Waals surface area contributed by atoms with Gasteiger partial charge in [-0.2, -0.15) is 11.8 Å². The van der Waals surface area contributed by atoms with E-state index in [0.29, 0.717) is 6.42 Å². The van der Waals surface area contributed by atoms with E-state index in [1.54, 1.807) is 18.8 Å². The Balaban J connectivity index is 2.59. The fourth-order valence-corrected chi connectivity index (χ4v) is 2.44. The summed E-state index contributed by atoms with van der Waals surface area (Å²) in [6.45, 7) is 0.409. The van der Waals surface area contributed by atoms with Crippen LogP contribution in [0.1, 0.15) is 6.42 Å². The van der Waals surface area contributed by atoms with Crippen molar-refractivity contribution in [2.45, 2.75) is 18.5 Å². The Morgan fingerprint density at radius 2 is 2.22 bits per heavy atom. The molecular weight excluding hydrogens is 256 g/mol. The van der Waals surface area contributed by atoms with E-state index < -0.39 is 24.0 Å². The van der Waals surface area contributed by atoms with E-state index in [-0.39, 0.29) is 19.1 Å². The molecule has 1 aliphatic rings. The summed E-state index contributed by atoms with van der Waals surface area (Å²) in [6.07, 6.45) is 2.54. The largest absolute Gasteiger partial charge is 0.481 e. The number of nitrogens with two attached hydrogens (primary N) is 1. The number of amides is 1. The molecule has 1 aliphatic heterocycles. The predicted octanol–water partition coefficient (Wildman–Crippen LogP) is -0.375. The second kappa shape index (κ2) is 6.96. The van der Waals surface area contributed by atoms with Crippen LogP contribution >= 0.6 is 11.8 Å². The van der Waals surface area contributed by atoms with Crippen LogP contribution in [-0.2, 0) is 14.3 Å². The van der Waals surface area contributed by atoms with Gasteiger partial charge < -0.3 is 20.5 Å². The molecule has 0 bridgehead atoms. The standard InChI is InChI=1S/C11H20N2O4S/c1-13(10(14)8(12)3-4-18-2)9-6-17-5-7(9)11(15)16/h7-9H,3-6,12H2,1-2H3,(H,15,16)/t7?,8-,9?/m0/s1. The lowest BCUT2D eigenvalue weighted by molar-refractivity contribution is -0.144. The van der Waals surface area contributed by atoms with Gasteiger partial charge in [-0.25, -0.2) is 0 Å². The monoisotopic (exact) mass is 276 g/mol. The van der Waals surface area contributed by atoms with Gasteiger partial charge in [0.05, 0.1) is 25.3 Å². The van der Waals surface area contributed by atoms with Crippen molar-refractivity contribution in [3.63, 3.8) is 0 Å². The molecule has 0 aromatic rings. The summed E-state index contributed by atoms with van der Waals surface area (Å²) in [5, 5.41) is 9.04. The minimum absolute atomic E-state index is 0.150. The molecule has 1 saturated heterocycles. The normalized spacial score (nSPS) is 24.8. The van der Waals surface area contributed by atoms with E-state index in [2.05, 4.69) is 0 Å². The van der Waals surface area contributed by atoms with Gasteiger partial charge in [-0.3, -0.25) is 9.59 Å². The SMILES string of the molecule is CSCC[C@H](N)C(=O)N(C)C1COCC1C(=O)O. The quantitative estimate of drug-likeness (QED) is 0.687. The zero-order valence-electron chi connectivity index (χ0n) is 10.7. The summed E-state index contributed by atoms with van der Waals surface area (Å²) in [5.41, 5.74) is 5.80. The van der Waals surface area contributed by atoms with E-state index in [1.807, 2.05) is 6.26 Å². The predicted molar refractivity (Wildman–Crippen MR) is 69.5 cm³/mol. The minimum atomic E-state index is -0.935. The molecule has 0 saturated carbocycles.